The van der Waals surface area contributed by atoms with E-state index in [2.05, 4.69) is 18.8 Å². The van der Waals surface area contributed by atoms with Gasteiger partial charge in [-0.3, -0.25) is 9.36 Å². The maximum atomic E-state index is 10.4. The number of carbonyl (C=O) groups is 1. The molecule has 0 fully saturated rings. The molecule has 0 aliphatic rings. The van der Waals surface area contributed by atoms with Crippen molar-refractivity contribution in [2.45, 2.75) is 27.2 Å². The number of benzene rings is 1. The van der Waals surface area contributed by atoms with Gasteiger partial charge >= 0.3 is 0 Å². The summed E-state index contributed by atoms with van der Waals surface area (Å²) >= 11 is 1.44. The Labute approximate surface area is 111 Å². The molecule has 18 heavy (non-hydrogen) atoms. The molecule has 0 atom stereocenters. The van der Waals surface area contributed by atoms with Crippen LogP contribution in [0.2, 0.25) is 0 Å². The van der Waals surface area contributed by atoms with Crippen LogP contribution in [-0.4, -0.2) is 11.0 Å². The molecule has 2 aromatic rings. The summed E-state index contributed by atoms with van der Waals surface area (Å²) in [5.74, 6) is 0. The molecule has 0 unspecified atom stereocenters. The van der Waals surface area contributed by atoms with E-state index < -0.39 is 0 Å². The number of nitrogens with zero attached hydrogens (tertiary/aromatic N) is 2. The Morgan fingerprint density at radius 3 is 2.61 bits per heavy atom. The van der Waals surface area contributed by atoms with Crippen molar-refractivity contribution in [3.8, 4) is 5.69 Å². The van der Waals surface area contributed by atoms with Crippen LogP contribution in [0.4, 0.5) is 0 Å². The van der Waals surface area contributed by atoms with Crippen LogP contribution in [0.1, 0.15) is 25.8 Å². The third-order valence-corrected chi connectivity index (χ3v) is 2.90. The normalized spacial score (nSPS) is 10.7. The summed E-state index contributed by atoms with van der Waals surface area (Å²) in [6.07, 6.45) is 3.73. The Kier molecular flexibility index (Phi) is 6.08. The molecule has 0 saturated heterocycles. The third-order valence-electron chi connectivity index (χ3n) is 2.13. The fourth-order valence-electron chi connectivity index (χ4n) is 1.43. The Balaban J connectivity index is 0.000000492. The largest absolute Gasteiger partial charge is 0.292 e. The fraction of sp³-hybridized carbons (Fsp3) is 0.286. The fourth-order valence-corrected chi connectivity index (χ4v) is 2.11. The molecule has 96 valence electrons. The second-order valence-electron chi connectivity index (χ2n) is 3.78. The zero-order valence-electron chi connectivity index (χ0n) is 11.0. The van der Waals surface area contributed by atoms with E-state index in [9.17, 15) is 4.79 Å². The first-order valence-corrected chi connectivity index (χ1v) is 6.82. The van der Waals surface area contributed by atoms with E-state index in [1.807, 2.05) is 47.3 Å². The van der Waals surface area contributed by atoms with Crippen molar-refractivity contribution in [2.24, 2.45) is 4.99 Å². The van der Waals surface area contributed by atoms with Gasteiger partial charge in [0.15, 0.2) is 4.80 Å². The molecule has 0 spiro atoms. The number of rotatable bonds is 2. The van der Waals surface area contributed by atoms with Gasteiger partial charge in [-0.1, -0.05) is 38.5 Å². The maximum Gasteiger partial charge on any atom is 0.235 e. The lowest BCUT2D eigenvalue weighted by Crippen LogP contribution is -2.12. The van der Waals surface area contributed by atoms with E-state index in [4.69, 9.17) is 0 Å². The number of hydrogen-bond donors (Lipinski definition) is 0. The average Bonchev–Trinajstić information content (AvgIpc) is 2.79. The highest BCUT2D eigenvalue weighted by Crippen LogP contribution is 2.11. The zero-order chi connectivity index (χ0) is 13.4. The molecular formula is C14H18N2OS. The molecule has 1 heterocycles. The van der Waals surface area contributed by atoms with Gasteiger partial charge < -0.3 is 0 Å². The smallest absolute Gasteiger partial charge is 0.235 e. The molecule has 1 aromatic carbocycles. The minimum absolute atomic E-state index is 0.570. The summed E-state index contributed by atoms with van der Waals surface area (Å²) in [7, 11) is 0. The molecule has 0 radical (unpaired) electrons. The van der Waals surface area contributed by atoms with Gasteiger partial charge in [0.2, 0.25) is 6.41 Å². The molecule has 0 saturated carbocycles. The first-order valence-electron chi connectivity index (χ1n) is 5.94. The van der Waals surface area contributed by atoms with Crippen LogP contribution in [0.3, 0.4) is 0 Å². The van der Waals surface area contributed by atoms with Gasteiger partial charge in [-0.25, -0.2) is 0 Å². The third kappa shape index (κ3) is 3.67. The molecule has 3 nitrogen and oxygen atoms in total. The molecule has 2 rings (SSSR count). The highest BCUT2D eigenvalue weighted by atomic mass is 32.1. The first kappa shape index (κ1) is 14.4. The van der Waals surface area contributed by atoms with Gasteiger partial charge in [0.1, 0.15) is 0 Å². The van der Waals surface area contributed by atoms with E-state index in [0.29, 0.717) is 11.2 Å². The van der Waals surface area contributed by atoms with Gasteiger partial charge in [-0.05, 0) is 18.6 Å². The average molecular weight is 262 g/mol. The molecule has 0 bridgehead atoms. The molecule has 0 aliphatic carbocycles. The minimum atomic E-state index is 0.570. The quantitative estimate of drug-likeness (QED) is 0.764. The summed E-state index contributed by atoms with van der Waals surface area (Å²) < 4.78 is 1.91. The second kappa shape index (κ2) is 7.61. The number of carbonyl (C=O) groups excluding carboxylic acids is 1. The van der Waals surface area contributed by atoms with E-state index >= 15 is 0 Å². The Hall–Kier alpha value is -1.68. The van der Waals surface area contributed by atoms with Crippen molar-refractivity contribution in [1.29, 1.82) is 0 Å². The molecule has 0 aliphatic heterocycles. The number of para-hydroxylation sites is 1. The lowest BCUT2D eigenvalue weighted by atomic mass is 10.2. The van der Waals surface area contributed by atoms with Gasteiger partial charge in [0, 0.05) is 11.6 Å². The van der Waals surface area contributed by atoms with Crippen molar-refractivity contribution in [2.75, 3.05) is 0 Å². The van der Waals surface area contributed by atoms with Crippen LogP contribution < -0.4 is 4.80 Å². The van der Waals surface area contributed by atoms with Crippen LogP contribution in [0, 0.1) is 6.92 Å². The second-order valence-corrected chi connectivity index (χ2v) is 4.66. The van der Waals surface area contributed by atoms with Gasteiger partial charge in [0.05, 0.1) is 5.69 Å². The summed E-state index contributed by atoms with van der Waals surface area (Å²) in [5.41, 5.74) is 2.21. The molecule has 4 heteroatoms. The molecule has 0 N–H and O–H groups in total. The molecule has 1 amide bonds. The number of aromatic nitrogens is 1. The van der Waals surface area contributed by atoms with Crippen molar-refractivity contribution in [3.63, 3.8) is 0 Å². The predicted octanol–water partition coefficient (Wildman–Crippen LogP) is 3.32. The monoisotopic (exact) mass is 262 g/mol. The lowest BCUT2D eigenvalue weighted by Gasteiger charge is -2.05. The SMILES string of the molecule is CCC.Cc1ccccc1-n1ccsc1=NC=O. The number of hydrogen-bond acceptors (Lipinski definition) is 2. The standard InChI is InChI=1S/C11H10N2OS.C3H8/c1-9-4-2-3-5-10(9)13-6-7-15-11(13)12-8-14;1-3-2/h2-8H,1H3;3H2,1-2H3. The Bertz CT molecular complexity index is 555. The summed E-state index contributed by atoms with van der Waals surface area (Å²) in [6.45, 7) is 6.28. The molecular weight excluding hydrogens is 244 g/mol. The topological polar surface area (TPSA) is 34.4 Å². The lowest BCUT2D eigenvalue weighted by molar-refractivity contribution is -0.107. The van der Waals surface area contributed by atoms with Crippen LogP contribution in [0.5, 0.6) is 0 Å². The molecule has 1 aromatic heterocycles. The van der Waals surface area contributed by atoms with Gasteiger partial charge in [0.25, 0.3) is 0 Å². The minimum Gasteiger partial charge on any atom is -0.292 e. The number of aryl methyl sites for hydroxylation is 1. The van der Waals surface area contributed by atoms with Crippen molar-refractivity contribution >= 4 is 17.7 Å². The highest BCUT2D eigenvalue weighted by molar-refractivity contribution is 7.07. The number of amides is 1. The van der Waals surface area contributed by atoms with E-state index in [1.165, 1.54) is 17.8 Å². The van der Waals surface area contributed by atoms with Crippen LogP contribution in [0.15, 0.2) is 40.8 Å². The van der Waals surface area contributed by atoms with E-state index in [1.54, 1.807) is 0 Å². The Morgan fingerprint density at radius 2 is 2.00 bits per heavy atom. The summed E-state index contributed by atoms with van der Waals surface area (Å²) in [6, 6.07) is 8.00. The van der Waals surface area contributed by atoms with Crippen LogP contribution >= 0.6 is 11.3 Å². The number of thiazole rings is 1. The predicted molar refractivity (Wildman–Crippen MR) is 76.0 cm³/mol. The summed E-state index contributed by atoms with van der Waals surface area (Å²) in [5, 5.41) is 1.91. The van der Waals surface area contributed by atoms with Crippen molar-refractivity contribution in [3.05, 3.63) is 46.2 Å². The van der Waals surface area contributed by atoms with E-state index in [0.717, 1.165) is 11.3 Å². The first-order chi connectivity index (χ1) is 8.74. The highest BCUT2D eigenvalue weighted by Gasteiger charge is 2.00. The maximum absolute atomic E-state index is 10.4. The van der Waals surface area contributed by atoms with Gasteiger partial charge in [-0.15, -0.1) is 11.3 Å². The van der Waals surface area contributed by atoms with Crippen LogP contribution in [-0.2, 0) is 4.79 Å². The van der Waals surface area contributed by atoms with E-state index in [-0.39, 0.29) is 0 Å². The van der Waals surface area contributed by atoms with Crippen LogP contribution in [0.25, 0.3) is 5.69 Å². The summed E-state index contributed by atoms with van der Waals surface area (Å²) in [4.78, 5) is 14.8. The Morgan fingerprint density at radius 1 is 1.33 bits per heavy atom. The zero-order valence-corrected chi connectivity index (χ0v) is 11.8. The van der Waals surface area contributed by atoms with Crippen molar-refractivity contribution < 1.29 is 4.79 Å². The van der Waals surface area contributed by atoms with Gasteiger partial charge in [-0.2, -0.15) is 4.99 Å². The van der Waals surface area contributed by atoms with Crippen molar-refractivity contribution in [1.82, 2.24) is 4.57 Å².